The van der Waals surface area contributed by atoms with Crippen LogP contribution in [0.3, 0.4) is 0 Å². The maximum absolute atomic E-state index is 11.7. The van der Waals surface area contributed by atoms with Gasteiger partial charge in [-0.15, -0.1) is 0 Å². The Morgan fingerprint density at radius 1 is 1.22 bits per heavy atom. The van der Waals surface area contributed by atoms with Gasteiger partial charge < -0.3 is 15.2 Å². The molecule has 2 aromatic carbocycles. The highest BCUT2D eigenvalue weighted by Gasteiger charge is 2.17. The lowest BCUT2D eigenvalue weighted by atomic mass is 10.1. The van der Waals surface area contributed by atoms with Gasteiger partial charge in [0.1, 0.15) is 11.3 Å². The SMILES string of the molecule is CCCCOc1ccc(Nc2c(C(=O)O)cnc3cc(Cl)cc(Cl)c23)cc1. The number of pyridine rings is 1. The molecule has 0 bridgehead atoms. The van der Waals surface area contributed by atoms with Gasteiger partial charge in [-0.2, -0.15) is 0 Å². The zero-order chi connectivity index (χ0) is 19.4. The largest absolute Gasteiger partial charge is 0.494 e. The third-order valence-corrected chi connectivity index (χ3v) is 4.52. The van der Waals surface area contributed by atoms with Crippen molar-refractivity contribution in [2.24, 2.45) is 0 Å². The van der Waals surface area contributed by atoms with Gasteiger partial charge in [-0.05, 0) is 42.8 Å². The summed E-state index contributed by atoms with van der Waals surface area (Å²) < 4.78 is 5.65. The van der Waals surface area contributed by atoms with Crippen LogP contribution in [0.25, 0.3) is 10.9 Å². The first kappa shape index (κ1) is 19.3. The van der Waals surface area contributed by atoms with Gasteiger partial charge in [0.15, 0.2) is 0 Å². The topological polar surface area (TPSA) is 71.5 Å². The van der Waals surface area contributed by atoms with Gasteiger partial charge in [0.05, 0.1) is 22.8 Å². The van der Waals surface area contributed by atoms with E-state index in [0.29, 0.717) is 38.9 Å². The second-order valence-electron chi connectivity index (χ2n) is 5.99. The first-order valence-corrected chi connectivity index (χ1v) is 9.26. The van der Waals surface area contributed by atoms with Crippen molar-refractivity contribution in [2.75, 3.05) is 11.9 Å². The van der Waals surface area contributed by atoms with E-state index in [0.717, 1.165) is 18.6 Å². The molecule has 0 aliphatic carbocycles. The van der Waals surface area contributed by atoms with E-state index in [2.05, 4.69) is 17.2 Å². The molecule has 5 nitrogen and oxygen atoms in total. The molecular weight excluding hydrogens is 387 g/mol. The summed E-state index contributed by atoms with van der Waals surface area (Å²) in [6, 6.07) is 10.5. The Balaban J connectivity index is 1.98. The van der Waals surface area contributed by atoms with Crippen LogP contribution in [0.2, 0.25) is 10.0 Å². The highest BCUT2D eigenvalue weighted by atomic mass is 35.5. The fraction of sp³-hybridized carbons (Fsp3) is 0.200. The number of rotatable bonds is 7. The number of aromatic carboxylic acids is 1. The fourth-order valence-electron chi connectivity index (χ4n) is 2.65. The number of anilines is 2. The smallest absolute Gasteiger partial charge is 0.339 e. The molecule has 0 unspecified atom stereocenters. The summed E-state index contributed by atoms with van der Waals surface area (Å²) in [5, 5.41) is 14.0. The number of nitrogens with one attached hydrogen (secondary N) is 1. The van der Waals surface area contributed by atoms with Crippen molar-refractivity contribution in [3.05, 3.63) is 58.2 Å². The molecule has 1 aromatic heterocycles. The summed E-state index contributed by atoms with van der Waals surface area (Å²) in [5.41, 5.74) is 1.61. The van der Waals surface area contributed by atoms with Crippen LogP contribution < -0.4 is 10.1 Å². The average Bonchev–Trinajstić information content (AvgIpc) is 2.62. The highest BCUT2D eigenvalue weighted by Crippen LogP contribution is 2.36. The van der Waals surface area contributed by atoms with Crippen LogP contribution >= 0.6 is 23.2 Å². The molecule has 3 aromatic rings. The normalized spacial score (nSPS) is 10.8. The summed E-state index contributed by atoms with van der Waals surface area (Å²) in [6.07, 6.45) is 3.35. The molecule has 0 fully saturated rings. The third kappa shape index (κ3) is 4.43. The molecule has 0 amide bonds. The number of hydrogen-bond donors (Lipinski definition) is 2. The van der Waals surface area contributed by atoms with E-state index in [1.807, 2.05) is 24.3 Å². The Morgan fingerprint density at radius 2 is 1.96 bits per heavy atom. The highest BCUT2D eigenvalue weighted by molar-refractivity contribution is 6.39. The lowest BCUT2D eigenvalue weighted by Gasteiger charge is -2.14. The molecule has 2 N–H and O–H groups in total. The third-order valence-electron chi connectivity index (χ3n) is 4.01. The number of carboxylic acid groups (broad SMARTS) is 1. The van der Waals surface area contributed by atoms with Crippen molar-refractivity contribution in [3.63, 3.8) is 0 Å². The van der Waals surface area contributed by atoms with Crippen LogP contribution in [0.5, 0.6) is 5.75 Å². The van der Waals surface area contributed by atoms with E-state index in [1.165, 1.54) is 6.20 Å². The van der Waals surface area contributed by atoms with Crippen LogP contribution in [0.15, 0.2) is 42.6 Å². The molecular formula is C20H18Cl2N2O3. The van der Waals surface area contributed by atoms with E-state index >= 15 is 0 Å². The predicted molar refractivity (Wildman–Crippen MR) is 109 cm³/mol. The van der Waals surface area contributed by atoms with Gasteiger partial charge in [-0.3, -0.25) is 4.98 Å². The molecule has 0 radical (unpaired) electrons. The van der Waals surface area contributed by atoms with Gasteiger partial charge in [-0.1, -0.05) is 36.5 Å². The Kier molecular flexibility index (Phi) is 6.04. The van der Waals surface area contributed by atoms with Crippen molar-refractivity contribution >= 4 is 51.4 Å². The molecule has 1 heterocycles. The first-order valence-electron chi connectivity index (χ1n) is 8.50. The number of hydrogen-bond acceptors (Lipinski definition) is 4. The van der Waals surface area contributed by atoms with Crippen molar-refractivity contribution in [2.45, 2.75) is 19.8 Å². The number of aromatic nitrogens is 1. The number of benzene rings is 2. The van der Waals surface area contributed by atoms with Gasteiger partial charge in [0.2, 0.25) is 0 Å². The van der Waals surface area contributed by atoms with E-state index in [1.54, 1.807) is 12.1 Å². The molecule has 0 atom stereocenters. The van der Waals surface area contributed by atoms with Crippen molar-refractivity contribution in [1.82, 2.24) is 4.98 Å². The molecule has 0 saturated heterocycles. The predicted octanol–water partition coefficient (Wildman–Crippen LogP) is 6.16. The zero-order valence-corrected chi connectivity index (χ0v) is 16.1. The Hall–Kier alpha value is -2.50. The van der Waals surface area contributed by atoms with Gasteiger partial charge in [0, 0.05) is 22.3 Å². The molecule has 7 heteroatoms. The molecule has 0 saturated carbocycles. The second kappa shape index (κ2) is 8.46. The molecule has 0 spiro atoms. The van der Waals surface area contributed by atoms with Crippen molar-refractivity contribution < 1.29 is 14.6 Å². The number of carboxylic acids is 1. The van der Waals surface area contributed by atoms with Crippen LogP contribution in [0, 0.1) is 0 Å². The Morgan fingerprint density at radius 3 is 2.63 bits per heavy atom. The van der Waals surface area contributed by atoms with Gasteiger partial charge >= 0.3 is 5.97 Å². The summed E-state index contributed by atoms with van der Waals surface area (Å²) >= 11 is 12.4. The van der Waals surface area contributed by atoms with Crippen LogP contribution in [0.4, 0.5) is 11.4 Å². The van der Waals surface area contributed by atoms with Crippen LogP contribution in [0.1, 0.15) is 30.1 Å². The van der Waals surface area contributed by atoms with Crippen molar-refractivity contribution in [3.8, 4) is 5.75 Å². The fourth-order valence-corrected chi connectivity index (χ4v) is 3.22. The van der Waals surface area contributed by atoms with Gasteiger partial charge in [-0.25, -0.2) is 4.79 Å². The quantitative estimate of drug-likeness (QED) is 0.461. The summed E-state index contributed by atoms with van der Waals surface area (Å²) in [5.74, 6) is -0.339. The molecule has 140 valence electrons. The number of unbranched alkanes of at least 4 members (excludes halogenated alkanes) is 1. The van der Waals surface area contributed by atoms with Crippen LogP contribution in [-0.2, 0) is 0 Å². The minimum absolute atomic E-state index is 0.0231. The first-order chi connectivity index (χ1) is 13.0. The van der Waals surface area contributed by atoms with Gasteiger partial charge in [0.25, 0.3) is 0 Å². The summed E-state index contributed by atoms with van der Waals surface area (Å²) in [4.78, 5) is 15.8. The Labute approximate surface area is 166 Å². The van der Waals surface area contributed by atoms with E-state index in [9.17, 15) is 9.90 Å². The lowest BCUT2D eigenvalue weighted by molar-refractivity contribution is 0.0697. The monoisotopic (exact) mass is 404 g/mol. The maximum atomic E-state index is 11.7. The molecule has 0 aliphatic heterocycles. The molecule has 0 aliphatic rings. The minimum atomic E-state index is -1.10. The number of ether oxygens (including phenoxy) is 1. The Bertz CT molecular complexity index is 975. The number of fused-ring (bicyclic) bond motifs is 1. The summed E-state index contributed by atoms with van der Waals surface area (Å²) in [7, 11) is 0. The maximum Gasteiger partial charge on any atom is 0.339 e. The van der Waals surface area contributed by atoms with E-state index in [-0.39, 0.29) is 5.56 Å². The zero-order valence-electron chi connectivity index (χ0n) is 14.6. The molecule has 27 heavy (non-hydrogen) atoms. The number of halogens is 2. The molecule has 3 rings (SSSR count). The lowest BCUT2D eigenvalue weighted by Crippen LogP contribution is -2.05. The van der Waals surface area contributed by atoms with Crippen molar-refractivity contribution in [1.29, 1.82) is 0 Å². The van der Waals surface area contributed by atoms with Crippen LogP contribution in [-0.4, -0.2) is 22.7 Å². The number of nitrogens with zero attached hydrogens (tertiary/aromatic N) is 1. The standard InChI is InChI=1S/C20H18Cl2N2O3/c1-2-3-8-27-14-6-4-13(5-7-14)24-19-15(20(25)26)11-23-17-10-12(21)9-16(22)18(17)19/h4-7,9-11H,2-3,8H2,1H3,(H,23,24)(H,25,26). The van der Waals surface area contributed by atoms with E-state index in [4.69, 9.17) is 27.9 Å². The second-order valence-corrected chi connectivity index (χ2v) is 6.83. The number of carbonyl (C=O) groups is 1. The summed E-state index contributed by atoms with van der Waals surface area (Å²) in [6.45, 7) is 2.77. The minimum Gasteiger partial charge on any atom is -0.494 e. The average molecular weight is 405 g/mol. The van der Waals surface area contributed by atoms with E-state index < -0.39 is 5.97 Å².